The molecule has 0 aromatic carbocycles. The molecule has 0 radical (unpaired) electrons. The number of hydrogen-bond donors (Lipinski definition) is 1. The van der Waals surface area contributed by atoms with E-state index in [1.807, 2.05) is 0 Å². The lowest BCUT2D eigenvalue weighted by molar-refractivity contribution is 0.226. The van der Waals surface area contributed by atoms with Crippen molar-refractivity contribution in [1.82, 2.24) is 4.31 Å². The van der Waals surface area contributed by atoms with Crippen LogP contribution in [0.15, 0.2) is 0 Å². The van der Waals surface area contributed by atoms with Gasteiger partial charge in [-0.25, -0.2) is 4.31 Å². The Morgan fingerprint density at radius 2 is 2.09 bits per heavy atom. The van der Waals surface area contributed by atoms with E-state index in [2.05, 4.69) is 31.0 Å². The van der Waals surface area contributed by atoms with Crippen LogP contribution in [-0.4, -0.2) is 16.9 Å². The van der Waals surface area contributed by atoms with E-state index < -0.39 is 0 Å². The Bertz CT molecular complexity index is 156. The van der Waals surface area contributed by atoms with Gasteiger partial charge in [-0.3, -0.25) is 0 Å². The summed E-state index contributed by atoms with van der Waals surface area (Å²) in [5.41, 5.74) is 0. The molecule has 0 aromatic rings. The van der Waals surface area contributed by atoms with Crippen LogP contribution in [0, 0.1) is 17.8 Å². The Hall–Kier alpha value is 0.310. The van der Waals surface area contributed by atoms with Crippen molar-refractivity contribution in [2.75, 3.05) is 6.54 Å². The SMILES string of the molecule is CC(C)C1CC2CC1CN2S. The van der Waals surface area contributed by atoms with Gasteiger partial charge >= 0.3 is 0 Å². The lowest BCUT2D eigenvalue weighted by Crippen LogP contribution is -2.30. The fourth-order valence-corrected chi connectivity index (χ4v) is 3.18. The van der Waals surface area contributed by atoms with Gasteiger partial charge < -0.3 is 0 Å². The van der Waals surface area contributed by atoms with E-state index in [-0.39, 0.29) is 0 Å². The molecule has 2 rings (SSSR count). The Labute approximate surface area is 74.7 Å². The summed E-state index contributed by atoms with van der Waals surface area (Å²) in [5.74, 6) is 2.83. The molecule has 1 saturated heterocycles. The molecule has 0 N–H and O–H groups in total. The Morgan fingerprint density at radius 1 is 1.36 bits per heavy atom. The van der Waals surface area contributed by atoms with Crippen molar-refractivity contribution in [3.63, 3.8) is 0 Å². The molecular weight excluding hydrogens is 154 g/mol. The molecule has 3 atom stereocenters. The lowest BCUT2D eigenvalue weighted by Gasteiger charge is -2.29. The molecule has 2 fully saturated rings. The van der Waals surface area contributed by atoms with Gasteiger partial charge in [0, 0.05) is 12.6 Å². The first kappa shape index (κ1) is 7.93. The maximum absolute atomic E-state index is 4.44. The van der Waals surface area contributed by atoms with Crippen LogP contribution in [0.1, 0.15) is 26.7 Å². The molecule has 0 spiro atoms. The highest BCUT2D eigenvalue weighted by atomic mass is 32.1. The Kier molecular flexibility index (Phi) is 1.92. The summed E-state index contributed by atoms with van der Waals surface area (Å²) < 4.78 is 2.24. The van der Waals surface area contributed by atoms with Gasteiger partial charge in [0.15, 0.2) is 0 Å². The minimum Gasteiger partial charge on any atom is -0.250 e. The van der Waals surface area contributed by atoms with Gasteiger partial charge in [-0.05, 0) is 30.6 Å². The molecule has 1 saturated carbocycles. The molecule has 2 aliphatic rings. The fourth-order valence-electron chi connectivity index (χ4n) is 2.79. The third-order valence-electron chi connectivity index (χ3n) is 3.42. The van der Waals surface area contributed by atoms with Crippen molar-refractivity contribution in [3.8, 4) is 0 Å². The molecule has 0 amide bonds. The fraction of sp³-hybridized carbons (Fsp3) is 1.00. The van der Waals surface area contributed by atoms with E-state index in [0.717, 1.165) is 23.8 Å². The predicted octanol–water partition coefficient (Wildman–Crippen LogP) is 2.20. The summed E-state index contributed by atoms with van der Waals surface area (Å²) in [4.78, 5) is 0. The summed E-state index contributed by atoms with van der Waals surface area (Å²) in [5, 5.41) is 0. The summed E-state index contributed by atoms with van der Waals surface area (Å²) in [6, 6.07) is 0.802. The van der Waals surface area contributed by atoms with Crippen molar-refractivity contribution < 1.29 is 0 Å². The van der Waals surface area contributed by atoms with Crippen LogP contribution in [0.25, 0.3) is 0 Å². The first-order chi connectivity index (χ1) is 5.18. The average molecular weight is 171 g/mol. The average Bonchev–Trinajstić information content (AvgIpc) is 2.43. The van der Waals surface area contributed by atoms with Gasteiger partial charge in [-0.1, -0.05) is 26.7 Å². The zero-order chi connectivity index (χ0) is 8.01. The van der Waals surface area contributed by atoms with E-state index in [9.17, 15) is 0 Å². The quantitative estimate of drug-likeness (QED) is 0.592. The smallest absolute Gasteiger partial charge is 0.0206 e. The van der Waals surface area contributed by atoms with Crippen LogP contribution in [0.3, 0.4) is 0 Å². The minimum absolute atomic E-state index is 0.802. The van der Waals surface area contributed by atoms with Crippen molar-refractivity contribution in [2.24, 2.45) is 17.8 Å². The highest BCUT2D eigenvalue weighted by Gasteiger charge is 2.44. The molecule has 11 heavy (non-hydrogen) atoms. The maximum Gasteiger partial charge on any atom is 0.0206 e. The Morgan fingerprint density at radius 3 is 2.45 bits per heavy atom. The molecule has 0 aromatic heterocycles. The van der Waals surface area contributed by atoms with Gasteiger partial charge in [-0.15, -0.1) is 0 Å². The van der Waals surface area contributed by atoms with Crippen molar-refractivity contribution in [3.05, 3.63) is 0 Å². The third kappa shape index (κ3) is 1.20. The van der Waals surface area contributed by atoms with Crippen molar-refractivity contribution in [1.29, 1.82) is 0 Å². The lowest BCUT2D eigenvalue weighted by atomic mass is 9.85. The molecule has 1 aliphatic heterocycles. The molecule has 2 bridgehead atoms. The molecule has 64 valence electrons. The van der Waals surface area contributed by atoms with Crippen LogP contribution in [0.2, 0.25) is 0 Å². The first-order valence-corrected chi connectivity index (χ1v) is 5.04. The van der Waals surface area contributed by atoms with Crippen LogP contribution in [0.4, 0.5) is 0 Å². The van der Waals surface area contributed by atoms with E-state index in [1.165, 1.54) is 19.4 Å². The molecular formula is C9H17NS. The summed E-state index contributed by atoms with van der Waals surface area (Å²) in [6.07, 6.45) is 2.80. The van der Waals surface area contributed by atoms with Gasteiger partial charge in [0.1, 0.15) is 0 Å². The summed E-state index contributed by atoms with van der Waals surface area (Å²) in [7, 11) is 0. The molecule has 2 heteroatoms. The van der Waals surface area contributed by atoms with Crippen molar-refractivity contribution >= 4 is 12.8 Å². The molecule has 1 heterocycles. The molecule has 1 nitrogen and oxygen atoms in total. The largest absolute Gasteiger partial charge is 0.250 e. The highest BCUT2D eigenvalue weighted by molar-refractivity contribution is 7.77. The van der Waals surface area contributed by atoms with Crippen LogP contribution in [0.5, 0.6) is 0 Å². The number of hydrogen-bond acceptors (Lipinski definition) is 2. The van der Waals surface area contributed by atoms with E-state index in [0.29, 0.717) is 0 Å². The maximum atomic E-state index is 4.44. The topological polar surface area (TPSA) is 3.24 Å². The van der Waals surface area contributed by atoms with Crippen LogP contribution < -0.4 is 0 Å². The van der Waals surface area contributed by atoms with Crippen LogP contribution >= 0.6 is 12.8 Å². The second-order valence-corrected chi connectivity index (χ2v) is 4.93. The van der Waals surface area contributed by atoms with E-state index >= 15 is 0 Å². The second kappa shape index (κ2) is 2.67. The summed E-state index contributed by atoms with van der Waals surface area (Å²) in [6.45, 7) is 5.94. The monoisotopic (exact) mass is 171 g/mol. The first-order valence-electron chi connectivity index (χ1n) is 4.64. The number of thiol groups is 1. The molecule has 3 unspecified atom stereocenters. The number of rotatable bonds is 1. The molecule has 1 aliphatic carbocycles. The second-order valence-electron chi connectivity index (χ2n) is 4.42. The Balaban J connectivity index is 2.02. The highest BCUT2D eigenvalue weighted by Crippen LogP contribution is 2.45. The van der Waals surface area contributed by atoms with Crippen molar-refractivity contribution in [2.45, 2.75) is 32.7 Å². The van der Waals surface area contributed by atoms with E-state index in [4.69, 9.17) is 0 Å². The van der Waals surface area contributed by atoms with Gasteiger partial charge in [0.2, 0.25) is 0 Å². The summed E-state index contributed by atoms with van der Waals surface area (Å²) >= 11 is 4.44. The van der Waals surface area contributed by atoms with Gasteiger partial charge in [0.25, 0.3) is 0 Å². The number of fused-ring (bicyclic) bond motifs is 2. The number of nitrogens with zero attached hydrogens (tertiary/aromatic N) is 1. The van der Waals surface area contributed by atoms with E-state index in [1.54, 1.807) is 0 Å². The minimum atomic E-state index is 0.802. The normalized spacial score (nSPS) is 44.2. The van der Waals surface area contributed by atoms with Gasteiger partial charge in [-0.2, -0.15) is 0 Å². The standard InChI is InChI=1S/C9H17NS/c1-6(2)9-4-8-3-7(9)5-10(8)11/h6-9,11H,3-5H2,1-2H3. The van der Waals surface area contributed by atoms with Crippen LogP contribution in [-0.2, 0) is 0 Å². The predicted molar refractivity (Wildman–Crippen MR) is 50.5 cm³/mol. The zero-order valence-electron chi connectivity index (χ0n) is 7.33. The van der Waals surface area contributed by atoms with Gasteiger partial charge in [0.05, 0.1) is 0 Å². The zero-order valence-corrected chi connectivity index (χ0v) is 8.22. The number of piperidine rings is 1. The third-order valence-corrected chi connectivity index (χ3v) is 3.91.